The Morgan fingerprint density at radius 3 is 2.45 bits per heavy atom. The molecule has 0 radical (unpaired) electrons. The lowest BCUT2D eigenvalue weighted by Gasteiger charge is -2.40. The van der Waals surface area contributed by atoms with Gasteiger partial charge in [-0.2, -0.15) is 13.2 Å². The maximum atomic E-state index is 12.7. The van der Waals surface area contributed by atoms with E-state index in [0.29, 0.717) is 24.0 Å². The number of alkyl halides is 3. The molecule has 0 unspecified atom stereocenters. The van der Waals surface area contributed by atoms with Gasteiger partial charge in [0, 0.05) is 49.2 Å². The number of halogens is 3. The third-order valence-electron chi connectivity index (χ3n) is 6.01. The van der Waals surface area contributed by atoms with E-state index in [1.54, 1.807) is 12.3 Å². The van der Waals surface area contributed by atoms with Crippen LogP contribution in [-0.4, -0.2) is 46.2 Å². The van der Waals surface area contributed by atoms with Crippen LogP contribution in [0.4, 0.5) is 30.4 Å². The molecular formula is C21H28F3N7. The van der Waals surface area contributed by atoms with Crippen molar-refractivity contribution in [3.8, 4) is 0 Å². The van der Waals surface area contributed by atoms with E-state index >= 15 is 0 Å². The summed E-state index contributed by atoms with van der Waals surface area (Å²) in [7, 11) is 0. The normalized spacial score (nSPS) is 24.7. The largest absolute Gasteiger partial charge is 0.451 e. The van der Waals surface area contributed by atoms with Crippen LogP contribution in [0.25, 0.3) is 0 Å². The van der Waals surface area contributed by atoms with E-state index in [0.717, 1.165) is 44.5 Å². The van der Waals surface area contributed by atoms with Gasteiger partial charge in [-0.25, -0.2) is 15.0 Å². The third kappa shape index (κ3) is 5.55. The average molecular weight is 435 g/mol. The molecule has 3 heterocycles. The molecule has 0 spiro atoms. The second kappa shape index (κ2) is 9.25. The number of nitrogens with one attached hydrogen (secondary N) is 2. The number of nitrogens with two attached hydrogens (primary N) is 1. The van der Waals surface area contributed by atoms with Crippen molar-refractivity contribution in [3.63, 3.8) is 0 Å². The highest BCUT2D eigenvalue weighted by Crippen LogP contribution is 2.28. The number of nitrogens with zero attached hydrogens (tertiary/aromatic N) is 4. The first-order valence-electron chi connectivity index (χ1n) is 10.8. The molecule has 10 heteroatoms. The Kier molecular flexibility index (Phi) is 6.45. The number of piperidine rings is 1. The van der Waals surface area contributed by atoms with Crippen molar-refractivity contribution in [1.82, 2.24) is 20.3 Å². The fourth-order valence-corrected chi connectivity index (χ4v) is 4.50. The van der Waals surface area contributed by atoms with E-state index < -0.39 is 12.0 Å². The summed E-state index contributed by atoms with van der Waals surface area (Å²) in [5.74, 6) is -0.319. The Labute approximate surface area is 179 Å². The minimum atomic E-state index is -4.52. The summed E-state index contributed by atoms with van der Waals surface area (Å²) in [5.41, 5.74) is 7.18. The molecule has 2 aromatic heterocycles. The van der Waals surface area contributed by atoms with Gasteiger partial charge in [0.15, 0.2) is 0 Å². The molecule has 1 saturated carbocycles. The predicted molar refractivity (Wildman–Crippen MR) is 114 cm³/mol. The summed E-state index contributed by atoms with van der Waals surface area (Å²) in [6.45, 7) is 1.50. The van der Waals surface area contributed by atoms with Crippen LogP contribution in [0.5, 0.6) is 0 Å². The van der Waals surface area contributed by atoms with Crippen LogP contribution in [0.2, 0.25) is 0 Å². The summed E-state index contributed by atoms with van der Waals surface area (Å²) in [6, 6.07) is 4.41. The van der Waals surface area contributed by atoms with E-state index in [1.165, 1.54) is 18.8 Å². The van der Waals surface area contributed by atoms with Gasteiger partial charge in [-0.1, -0.05) is 12.8 Å². The van der Waals surface area contributed by atoms with Crippen molar-refractivity contribution in [2.75, 3.05) is 29.0 Å². The van der Waals surface area contributed by atoms with Gasteiger partial charge in [-0.05, 0) is 31.7 Å². The summed E-state index contributed by atoms with van der Waals surface area (Å²) in [4.78, 5) is 13.4. The minimum absolute atomic E-state index is 0.247. The van der Waals surface area contributed by atoms with Crippen LogP contribution in [0.3, 0.4) is 0 Å². The lowest BCUT2D eigenvalue weighted by Crippen LogP contribution is -2.55. The molecule has 1 saturated heterocycles. The number of rotatable bonds is 5. The zero-order valence-electron chi connectivity index (χ0n) is 17.3. The Hall–Kier alpha value is -2.62. The summed E-state index contributed by atoms with van der Waals surface area (Å²) >= 11 is 0. The first-order chi connectivity index (χ1) is 14.9. The van der Waals surface area contributed by atoms with E-state index in [9.17, 15) is 13.2 Å². The quantitative estimate of drug-likeness (QED) is 0.662. The fourth-order valence-electron chi connectivity index (χ4n) is 4.50. The summed E-state index contributed by atoms with van der Waals surface area (Å²) in [6.07, 6.45) is 6.17. The number of nitrogen functional groups attached to an aromatic ring is 1. The van der Waals surface area contributed by atoms with Crippen molar-refractivity contribution < 1.29 is 13.2 Å². The van der Waals surface area contributed by atoms with Gasteiger partial charge in [0.1, 0.15) is 5.82 Å². The Bertz CT molecular complexity index is 859. The SMILES string of the molecule is Nc1ccnc(N[C@@H]2CCCC[C@H]2N[C@H]2CCCN(c3cnc(C(F)(F)F)nc3)C2)c1. The van der Waals surface area contributed by atoms with E-state index in [2.05, 4.69) is 30.5 Å². The Morgan fingerprint density at radius 2 is 1.74 bits per heavy atom. The molecule has 0 bridgehead atoms. The molecule has 4 rings (SSSR count). The van der Waals surface area contributed by atoms with Crippen LogP contribution < -0.4 is 21.3 Å². The van der Waals surface area contributed by atoms with Crippen molar-refractivity contribution >= 4 is 17.2 Å². The molecule has 31 heavy (non-hydrogen) atoms. The van der Waals surface area contributed by atoms with E-state index in [-0.39, 0.29) is 12.1 Å². The highest BCUT2D eigenvalue weighted by atomic mass is 19.4. The zero-order chi connectivity index (χ0) is 21.8. The lowest BCUT2D eigenvalue weighted by atomic mass is 9.89. The van der Waals surface area contributed by atoms with Gasteiger partial charge in [0.2, 0.25) is 5.82 Å². The van der Waals surface area contributed by atoms with Crippen molar-refractivity contribution in [2.45, 2.75) is 62.8 Å². The molecule has 0 aromatic carbocycles. The van der Waals surface area contributed by atoms with Gasteiger partial charge in [0.25, 0.3) is 0 Å². The molecule has 1 aliphatic carbocycles. The van der Waals surface area contributed by atoms with Gasteiger partial charge >= 0.3 is 6.18 Å². The van der Waals surface area contributed by atoms with Gasteiger partial charge in [-0.3, -0.25) is 0 Å². The van der Waals surface area contributed by atoms with Crippen LogP contribution >= 0.6 is 0 Å². The molecule has 2 fully saturated rings. The maximum Gasteiger partial charge on any atom is 0.451 e. The molecule has 7 nitrogen and oxygen atoms in total. The number of anilines is 3. The highest BCUT2D eigenvalue weighted by molar-refractivity contribution is 5.49. The highest BCUT2D eigenvalue weighted by Gasteiger charge is 2.35. The molecule has 3 atom stereocenters. The van der Waals surface area contributed by atoms with Gasteiger partial charge < -0.3 is 21.3 Å². The first kappa shape index (κ1) is 21.6. The predicted octanol–water partition coefficient (Wildman–Crippen LogP) is 3.45. The second-order valence-electron chi connectivity index (χ2n) is 8.33. The van der Waals surface area contributed by atoms with Crippen molar-refractivity contribution in [2.24, 2.45) is 0 Å². The third-order valence-corrected chi connectivity index (χ3v) is 6.01. The first-order valence-corrected chi connectivity index (χ1v) is 10.8. The minimum Gasteiger partial charge on any atom is -0.399 e. The van der Waals surface area contributed by atoms with Crippen molar-refractivity contribution in [3.05, 3.63) is 36.5 Å². The van der Waals surface area contributed by atoms with Crippen LogP contribution in [0, 0.1) is 0 Å². The van der Waals surface area contributed by atoms with Crippen LogP contribution in [0.15, 0.2) is 30.7 Å². The molecule has 0 amide bonds. The lowest BCUT2D eigenvalue weighted by molar-refractivity contribution is -0.144. The number of aromatic nitrogens is 3. The number of hydrogen-bond acceptors (Lipinski definition) is 7. The monoisotopic (exact) mass is 435 g/mol. The Balaban J connectivity index is 1.38. The van der Waals surface area contributed by atoms with Crippen LogP contribution in [0.1, 0.15) is 44.3 Å². The number of hydrogen-bond donors (Lipinski definition) is 3. The number of pyridine rings is 1. The van der Waals surface area contributed by atoms with Crippen molar-refractivity contribution in [1.29, 1.82) is 0 Å². The van der Waals surface area contributed by atoms with E-state index in [1.807, 2.05) is 6.07 Å². The summed E-state index contributed by atoms with van der Waals surface area (Å²) in [5, 5.41) is 7.32. The molecule has 1 aliphatic heterocycles. The zero-order valence-corrected chi connectivity index (χ0v) is 17.3. The Morgan fingerprint density at radius 1 is 1.00 bits per heavy atom. The average Bonchev–Trinajstić information content (AvgIpc) is 2.75. The standard InChI is InChI=1S/C21H28F3N7/c22-21(23,24)20-27-11-16(12-28-20)31-9-3-4-15(13-31)29-17-5-1-2-6-18(17)30-19-10-14(25)7-8-26-19/h7-8,10-12,15,17-18,29H,1-6,9,13H2,(H3,25,26,30)/t15-,17+,18+/m0/s1. The van der Waals surface area contributed by atoms with Gasteiger partial charge in [0.05, 0.1) is 18.1 Å². The molecule has 2 aromatic rings. The van der Waals surface area contributed by atoms with E-state index in [4.69, 9.17) is 5.73 Å². The topological polar surface area (TPSA) is 92.0 Å². The molecule has 4 N–H and O–H groups in total. The fraction of sp³-hybridized carbons (Fsp3) is 0.571. The van der Waals surface area contributed by atoms with Crippen LogP contribution in [-0.2, 0) is 6.18 Å². The van der Waals surface area contributed by atoms with Gasteiger partial charge in [-0.15, -0.1) is 0 Å². The maximum absolute atomic E-state index is 12.7. The molecular weight excluding hydrogens is 407 g/mol. The molecule has 2 aliphatic rings. The summed E-state index contributed by atoms with van der Waals surface area (Å²) < 4.78 is 38.2. The second-order valence-corrected chi connectivity index (χ2v) is 8.33. The smallest absolute Gasteiger partial charge is 0.399 e. The molecule has 168 valence electrons.